The molecular formula is C11H18N2OS2. The van der Waals surface area contributed by atoms with E-state index in [1.54, 1.807) is 11.3 Å². The van der Waals surface area contributed by atoms with E-state index in [1.807, 2.05) is 18.7 Å². The van der Waals surface area contributed by atoms with E-state index in [1.165, 1.54) is 17.2 Å². The van der Waals surface area contributed by atoms with Crippen molar-refractivity contribution in [2.24, 2.45) is 0 Å². The fraction of sp³-hybridized carbons (Fsp3) is 0.727. The molecule has 1 fully saturated rings. The maximum absolute atomic E-state index is 5.54. The summed E-state index contributed by atoms with van der Waals surface area (Å²) in [5, 5.41) is 5.53. The minimum absolute atomic E-state index is 0.451. The number of nitrogens with zero attached hydrogens (tertiary/aromatic N) is 1. The molecule has 0 aliphatic carbocycles. The highest BCUT2D eigenvalue weighted by atomic mass is 32.2. The Bertz CT molecular complexity index is 311. The quantitative estimate of drug-likeness (QED) is 0.627. The van der Waals surface area contributed by atoms with Crippen LogP contribution in [0.4, 0.5) is 0 Å². The molecule has 0 amide bonds. The summed E-state index contributed by atoms with van der Waals surface area (Å²) in [7, 11) is 0. The second-order valence-electron chi connectivity index (χ2n) is 3.94. The SMILES string of the molecule is Cc1csc(SCCNCC2CCCO2)n1. The van der Waals surface area contributed by atoms with Crippen LogP contribution in [0.15, 0.2) is 9.72 Å². The molecule has 0 spiro atoms. The Morgan fingerprint density at radius 1 is 1.69 bits per heavy atom. The van der Waals surface area contributed by atoms with E-state index in [2.05, 4.69) is 15.7 Å². The highest BCUT2D eigenvalue weighted by Gasteiger charge is 2.14. The molecule has 5 heteroatoms. The normalized spacial score (nSPS) is 20.4. The molecule has 1 aromatic rings. The molecular weight excluding hydrogens is 240 g/mol. The van der Waals surface area contributed by atoms with E-state index in [9.17, 15) is 0 Å². The maximum atomic E-state index is 5.54. The summed E-state index contributed by atoms with van der Waals surface area (Å²) < 4.78 is 6.72. The second kappa shape index (κ2) is 6.59. The topological polar surface area (TPSA) is 34.1 Å². The van der Waals surface area contributed by atoms with Gasteiger partial charge in [0.25, 0.3) is 0 Å². The number of thioether (sulfide) groups is 1. The third-order valence-corrected chi connectivity index (χ3v) is 4.64. The van der Waals surface area contributed by atoms with Crippen LogP contribution in [-0.4, -0.2) is 36.5 Å². The monoisotopic (exact) mass is 258 g/mol. The highest BCUT2D eigenvalue weighted by molar-refractivity contribution is 8.01. The predicted molar refractivity (Wildman–Crippen MR) is 69.4 cm³/mol. The van der Waals surface area contributed by atoms with Crippen LogP contribution in [0.25, 0.3) is 0 Å². The van der Waals surface area contributed by atoms with Crippen LogP contribution in [0.3, 0.4) is 0 Å². The van der Waals surface area contributed by atoms with Crippen molar-refractivity contribution in [2.75, 3.05) is 25.4 Å². The van der Waals surface area contributed by atoms with Gasteiger partial charge in [-0.2, -0.15) is 0 Å². The van der Waals surface area contributed by atoms with E-state index < -0.39 is 0 Å². The maximum Gasteiger partial charge on any atom is 0.150 e. The Kier molecular flexibility index (Phi) is 5.09. The van der Waals surface area contributed by atoms with Gasteiger partial charge >= 0.3 is 0 Å². The first-order chi connectivity index (χ1) is 7.84. The highest BCUT2D eigenvalue weighted by Crippen LogP contribution is 2.21. The number of hydrogen-bond donors (Lipinski definition) is 1. The first kappa shape index (κ1) is 12.4. The van der Waals surface area contributed by atoms with Gasteiger partial charge in [-0.25, -0.2) is 4.98 Å². The van der Waals surface area contributed by atoms with Crippen molar-refractivity contribution in [1.29, 1.82) is 0 Å². The average molecular weight is 258 g/mol. The van der Waals surface area contributed by atoms with Gasteiger partial charge in [0.2, 0.25) is 0 Å². The molecule has 1 N–H and O–H groups in total. The average Bonchev–Trinajstić information content (AvgIpc) is 2.89. The number of thiazole rings is 1. The summed E-state index contributed by atoms with van der Waals surface area (Å²) in [5.74, 6) is 1.08. The minimum atomic E-state index is 0.451. The molecule has 1 aromatic heterocycles. The molecule has 0 radical (unpaired) electrons. The molecule has 1 aliphatic rings. The summed E-state index contributed by atoms with van der Waals surface area (Å²) in [4.78, 5) is 4.41. The Balaban J connectivity index is 1.51. The van der Waals surface area contributed by atoms with E-state index in [-0.39, 0.29) is 0 Å². The van der Waals surface area contributed by atoms with Gasteiger partial charge < -0.3 is 10.1 Å². The van der Waals surface area contributed by atoms with Gasteiger partial charge in [-0.3, -0.25) is 0 Å². The zero-order valence-electron chi connectivity index (χ0n) is 9.57. The summed E-state index contributed by atoms with van der Waals surface area (Å²) >= 11 is 3.56. The molecule has 16 heavy (non-hydrogen) atoms. The van der Waals surface area contributed by atoms with Crippen LogP contribution in [-0.2, 0) is 4.74 Å². The smallest absolute Gasteiger partial charge is 0.150 e. The van der Waals surface area contributed by atoms with Gasteiger partial charge in [0.05, 0.1) is 6.10 Å². The number of hydrogen-bond acceptors (Lipinski definition) is 5. The van der Waals surface area contributed by atoms with Crippen LogP contribution in [0, 0.1) is 6.92 Å². The molecule has 2 rings (SSSR count). The van der Waals surface area contributed by atoms with E-state index in [0.717, 1.165) is 31.1 Å². The Hall–Kier alpha value is -0.100. The van der Waals surface area contributed by atoms with E-state index in [4.69, 9.17) is 4.74 Å². The number of nitrogens with one attached hydrogen (secondary N) is 1. The predicted octanol–water partition coefficient (Wildman–Crippen LogP) is 2.31. The fourth-order valence-electron chi connectivity index (χ4n) is 1.68. The third kappa shape index (κ3) is 4.05. The van der Waals surface area contributed by atoms with Crippen LogP contribution in [0.2, 0.25) is 0 Å². The van der Waals surface area contributed by atoms with Gasteiger partial charge in [-0.15, -0.1) is 11.3 Å². The van der Waals surface area contributed by atoms with Crippen molar-refractivity contribution in [3.05, 3.63) is 11.1 Å². The molecule has 0 bridgehead atoms. The standard InChI is InChI=1S/C11H18N2OS2/c1-9-8-16-11(13-9)15-6-4-12-7-10-3-2-5-14-10/h8,10,12H,2-7H2,1H3. The van der Waals surface area contributed by atoms with Crippen molar-refractivity contribution in [2.45, 2.75) is 30.2 Å². The van der Waals surface area contributed by atoms with Crippen LogP contribution in [0.1, 0.15) is 18.5 Å². The van der Waals surface area contributed by atoms with Crippen molar-refractivity contribution >= 4 is 23.1 Å². The first-order valence-electron chi connectivity index (χ1n) is 5.72. The number of ether oxygens (including phenoxy) is 1. The Labute approximate surface area is 105 Å². The number of aromatic nitrogens is 1. The van der Waals surface area contributed by atoms with Gasteiger partial charge in [-0.1, -0.05) is 11.8 Å². The fourth-order valence-corrected chi connectivity index (χ4v) is 3.49. The summed E-state index contributed by atoms with van der Waals surface area (Å²) in [6.45, 7) is 5.01. The van der Waals surface area contributed by atoms with Gasteiger partial charge in [0, 0.05) is 36.5 Å². The van der Waals surface area contributed by atoms with Crippen LogP contribution in [0.5, 0.6) is 0 Å². The van der Waals surface area contributed by atoms with E-state index >= 15 is 0 Å². The largest absolute Gasteiger partial charge is 0.377 e. The molecule has 1 unspecified atom stereocenters. The number of rotatable bonds is 6. The van der Waals surface area contributed by atoms with Crippen molar-refractivity contribution in [3.8, 4) is 0 Å². The van der Waals surface area contributed by atoms with Crippen molar-refractivity contribution in [3.63, 3.8) is 0 Å². The molecule has 1 aliphatic heterocycles. The summed E-state index contributed by atoms with van der Waals surface area (Å²) in [5.41, 5.74) is 1.12. The summed E-state index contributed by atoms with van der Waals surface area (Å²) in [6.07, 6.45) is 2.89. The number of aryl methyl sites for hydroxylation is 1. The van der Waals surface area contributed by atoms with Crippen LogP contribution < -0.4 is 5.32 Å². The molecule has 3 nitrogen and oxygen atoms in total. The molecule has 0 saturated carbocycles. The zero-order chi connectivity index (χ0) is 11.2. The molecule has 1 saturated heterocycles. The van der Waals surface area contributed by atoms with Crippen molar-refractivity contribution in [1.82, 2.24) is 10.3 Å². The lowest BCUT2D eigenvalue weighted by molar-refractivity contribution is 0.110. The minimum Gasteiger partial charge on any atom is -0.377 e. The molecule has 90 valence electrons. The van der Waals surface area contributed by atoms with Gasteiger partial charge in [-0.05, 0) is 19.8 Å². The van der Waals surface area contributed by atoms with Crippen LogP contribution >= 0.6 is 23.1 Å². The second-order valence-corrected chi connectivity index (χ2v) is 6.14. The molecule has 0 aromatic carbocycles. The first-order valence-corrected chi connectivity index (χ1v) is 7.58. The van der Waals surface area contributed by atoms with Crippen molar-refractivity contribution < 1.29 is 4.74 Å². The lowest BCUT2D eigenvalue weighted by Crippen LogP contribution is -2.27. The lowest BCUT2D eigenvalue weighted by atomic mass is 10.2. The van der Waals surface area contributed by atoms with Gasteiger partial charge in [0.1, 0.15) is 4.34 Å². The lowest BCUT2D eigenvalue weighted by Gasteiger charge is -2.09. The van der Waals surface area contributed by atoms with Gasteiger partial charge in [0.15, 0.2) is 0 Å². The molecule has 1 atom stereocenters. The Morgan fingerprint density at radius 3 is 3.31 bits per heavy atom. The van der Waals surface area contributed by atoms with E-state index in [0.29, 0.717) is 6.10 Å². The zero-order valence-corrected chi connectivity index (χ0v) is 11.2. The Morgan fingerprint density at radius 2 is 2.62 bits per heavy atom. The molecule has 2 heterocycles. The summed E-state index contributed by atoms with van der Waals surface area (Å²) in [6, 6.07) is 0. The third-order valence-electron chi connectivity index (χ3n) is 2.50.